The Morgan fingerprint density at radius 3 is 2.09 bits per heavy atom. The highest BCUT2D eigenvalue weighted by Gasteiger charge is 2.34. The van der Waals surface area contributed by atoms with Gasteiger partial charge in [-0.1, -0.05) is 85.4 Å². The SMILES string of the molecule is CC[C@@H](C(=O)NC1CCCC1)N(Cc1ccc(Cl)c(Cl)c1)C(=O)CN(c1ccc(Oc2ccccc2)cc1)S(=O)(=O)c1ccccc1. The molecule has 5 rings (SSSR count). The first-order valence-corrected chi connectivity index (χ1v) is 17.8. The molecule has 0 heterocycles. The second-order valence-electron chi connectivity index (χ2n) is 11.4. The predicted molar refractivity (Wildman–Crippen MR) is 185 cm³/mol. The van der Waals surface area contributed by atoms with Crippen molar-refractivity contribution in [2.45, 2.75) is 62.6 Å². The molecule has 0 saturated heterocycles. The number of carbonyl (C=O) groups excluding carboxylic acids is 2. The lowest BCUT2D eigenvalue weighted by molar-refractivity contribution is -0.140. The van der Waals surface area contributed by atoms with E-state index in [-0.39, 0.29) is 29.1 Å². The summed E-state index contributed by atoms with van der Waals surface area (Å²) in [5.41, 5.74) is 0.917. The number of sulfonamides is 1. The second-order valence-corrected chi connectivity index (χ2v) is 14.1. The van der Waals surface area contributed by atoms with Gasteiger partial charge in [-0.3, -0.25) is 13.9 Å². The number of amides is 2. The molecule has 1 fully saturated rings. The molecule has 0 aromatic heterocycles. The van der Waals surface area contributed by atoms with Gasteiger partial charge in [0, 0.05) is 12.6 Å². The molecule has 1 aliphatic rings. The predicted octanol–water partition coefficient (Wildman–Crippen LogP) is 7.85. The molecule has 4 aromatic rings. The fraction of sp³-hybridized carbons (Fsp3) is 0.278. The summed E-state index contributed by atoms with van der Waals surface area (Å²) in [5.74, 6) is 0.309. The lowest BCUT2D eigenvalue weighted by Crippen LogP contribution is -2.53. The van der Waals surface area contributed by atoms with Gasteiger partial charge in [0.2, 0.25) is 11.8 Å². The molecule has 0 bridgehead atoms. The third kappa shape index (κ3) is 8.66. The number of halogens is 2. The molecule has 8 nitrogen and oxygen atoms in total. The summed E-state index contributed by atoms with van der Waals surface area (Å²) >= 11 is 12.5. The van der Waals surface area contributed by atoms with Crippen molar-refractivity contribution >= 4 is 50.7 Å². The smallest absolute Gasteiger partial charge is 0.264 e. The Morgan fingerprint density at radius 1 is 0.851 bits per heavy atom. The summed E-state index contributed by atoms with van der Waals surface area (Å²) in [6.07, 6.45) is 4.17. The van der Waals surface area contributed by atoms with Gasteiger partial charge in [-0.15, -0.1) is 0 Å². The van der Waals surface area contributed by atoms with Crippen molar-refractivity contribution in [1.29, 1.82) is 0 Å². The van der Waals surface area contributed by atoms with Crippen LogP contribution in [0.4, 0.5) is 5.69 Å². The fourth-order valence-corrected chi connectivity index (χ4v) is 7.43. The molecule has 47 heavy (non-hydrogen) atoms. The molecule has 0 radical (unpaired) electrons. The Labute approximate surface area is 286 Å². The van der Waals surface area contributed by atoms with Gasteiger partial charge in [-0.2, -0.15) is 0 Å². The number of nitrogens with one attached hydrogen (secondary N) is 1. The van der Waals surface area contributed by atoms with Crippen molar-refractivity contribution in [3.05, 3.63) is 119 Å². The molecule has 2 amide bonds. The number of nitrogens with zero attached hydrogens (tertiary/aromatic N) is 2. The summed E-state index contributed by atoms with van der Waals surface area (Å²) in [7, 11) is -4.21. The first-order valence-electron chi connectivity index (χ1n) is 15.6. The van der Waals surface area contributed by atoms with Crippen LogP contribution in [0.3, 0.4) is 0 Å². The van der Waals surface area contributed by atoms with E-state index in [1.807, 2.05) is 37.3 Å². The fourth-order valence-electron chi connectivity index (χ4n) is 5.68. The van der Waals surface area contributed by atoms with Crippen LogP contribution in [0.1, 0.15) is 44.6 Å². The average molecular weight is 695 g/mol. The van der Waals surface area contributed by atoms with Crippen LogP contribution in [0.15, 0.2) is 108 Å². The zero-order valence-electron chi connectivity index (χ0n) is 26.0. The van der Waals surface area contributed by atoms with Crippen molar-refractivity contribution in [2.75, 3.05) is 10.8 Å². The number of benzene rings is 4. The standard InChI is InChI=1S/C36H37Cl2N3O5S/c1-2-34(36(43)39-27-11-9-10-12-27)40(24-26-17-22-32(37)33(38)23-26)35(42)25-41(47(44,45)31-15-7-4-8-16-31)28-18-20-30(21-19-28)46-29-13-5-3-6-14-29/h3-8,13-23,27,34H,2,9-12,24-25H2,1H3,(H,39,43)/t34-/m0/s1. The van der Waals surface area contributed by atoms with E-state index in [0.29, 0.717) is 33.5 Å². The van der Waals surface area contributed by atoms with Crippen LogP contribution >= 0.6 is 23.2 Å². The highest BCUT2D eigenvalue weighted by Crippen LogP contribution is 2.29. The third-order valence-electron chi connectivity index (χ3n) is 8.14. The van der Waals surface area contributed by atoms with Crippen molar-refractivity contribution in [3.8, 4) is 11.5 Å². The maximum atomic E-state index is 14.4. The summed E-state index contributed by atoms with van der Waals surface area (Å²) in [6.45, 7) is 1.30. The Kier molecular flexibility index (Phi) is 11.4. The van der Waals surface area contributed by atoms with Crippen molar-refractivity contribution < 1.29 is 22.7 Å². The van der Waals surface area contributed by atoms with E-state index >= 15 is 0 Å². The molecule has 1 atom stereocenters. The first-order chi connectivity index (χ1) is 22.7. The monoisotopic (exact) mass is 693 g/mol. The first kappa shape index (κ1) is 34.3. The minimum absolute atomic E-state index is 0.0232. The summed E-state index contributed by atoms with van der Waals surface area (Å²) in [4.78, 5) is 29.5. The van der Waals surface area contributed by atoms with E-state index in [4.69, 9.17) is 27.9 Å². The average Bonchev–Trinajstić information content (AvgIpc) is 3.59. The molecule has 0 spiro atoms. The van der Waals surface area contributed by atoms with E-state index in [2.05, 4.69) is 5.32 Å². The maximum absolute atomic E-state index is 14.4. The Bertz CT molecular complexity index is 1770. The molecule has 246 valence electrons. The van der Waals surface area contributed by atoms with Crippen LogP contribution in [0.5, 0.6) is 11.5 Å². The normalized spacial score (nSPS) is 13.9. The van der Waals surface area contributed by atoms with Crippen LogP contribution in [0, 0.1) is 0 Å². The zero-order chi connectivity index (χ0) is 33.4. The van der Waals surface area contributed by atoms with Gasteiger partial charge in [0.05, 0.1) is 20.6 Å². The van der Waals surface area contributed by atoms with Crippen LogP contribution < -0.4 is 14.4 Å². The van der Waals surface area contributed by atoms with Gasteiger partial charge in [0.15, 0.2) is 0 Å². The lowest BCUT2D eigenvalue weighted by atomic mass is 10.1. The number of hydrogen-bond donors (Lipinski definition) is 1. The molecule has 0 unspecified atom stereocenters. The van der Waals surface area contributed by atoms with Gasteiger partial charge in [0.25, 0.3) is 10.0 Å². The van der Waals surface area contributed by atoms with Gasteiger partial charge >= 0.3 is 0 Å². The van der Waals surface area contributed by atoms with Crippen LogP contribution in [-0.4, -0.2) is 43.8 Å². The number of carbonyl (C=O) groups is 2. The Morgan fingerprint density at radius 2 is 1.47 bits per heavy atom. The maximum Gasteiger partial charge on any atom is 0.264 e. The summed E-state index contributed by atoms with van der Waals surface area (Å²) < 4.78 is 35.2. The molecule has 11 heteroatoms. The molecular formula is C36H37Cl2N3O5S. The van der Waals surface area contributed by atoms with Gasteiger partial charge in [-0.25, -0.2) is 8.42 Å². The van der Waals surface area contributed by atoms with Crippen molar-refractivity contribution in [2.24, 2.45) is 0 Å². The van der Waals surface area contributed by atoms with Crippen molar-refractivity contribution in [3.63, 3.8) is 0 Å². The van der Waals surface area contributed by atoms with Crippen LogP contribution in [0.2, 0.25) is 10.0 Å². The highest BCUT2D eigenvalue weighted by atomic mass is 35.5. The van der Waals surface area contributed by atoms with Gasteiger partial charge < -0.3 is 15.0 Å². The number of para-hydroxylation sites is 1. The summed E-state index contributed by atoms with van der Waals surface area (Å²) in [6, 6.07) is 27.9. The highest BCUT2D eigenvalue weighted by molar-refractivity contribution is 7.92. The lowest BCUT2D eigenvalue weighted by Gasteiger charge is -2.34. The van der Waals surface area contributed by atoms with E-state index in [9.17, 15) is 18.0 Å². The number of hydrogen-bond acceptors (Lipinski definition) is 5. The molecule has 4 aromatic carbocycles. The third-order valence-corrected chi connectivity index (χ3v) is 10.7. The molecule has 0 aliphatic heterocycles. The molecular weight excluding hydrogens is 657 g/mol. The minimum Gasteiger partial charge on any atom is -0.457 e. The topological polar surface area (TPSA) is 96.0 Å². The Balaban J connectivity index is 1.49. The van der Waals surface area contributed by atoms with E-state index in [0.717, 1.165) is 30.0 Å². The van der Waals surface area contributed by atoms with Crippen LogP contribution in [-0.2, 0) is 26.2 Å². The number of rotatable bonds is 13. The number of anilines is 1. The quantitative estimate of drug-likeness (QED) is 0.154. The second kappa shape index (κ2) is 15.7. The molecule has 1 aliphatic carbocycles. The van der Waals surface area contributed by atoms with E-state index in [1.165, 1.54) is 17.0 Å². The largest absolute Gasteiger partial charge is 0.457 e. The van der Waals surface area contributed by atoms with Gasteiger partial charge in [0.1, 0.15) is 24.1 Å². The zero-order valence-corrected chi connectivity index (χ0v) is 28.3. The summed E-state index contributed by atoms with van der Waals surface area (Å²) in [5, 5.41) is 3.78. The van der Waals surface area contributed by atoms with Gasteiger partial charge in [-0.05, 0) is 85.5 Å². The van der Waals surface area contributed by atoms with E-state index < -0.39 is 28.5 Å². The molecule has 1 N–H and O–H groups in total. The number of ether oxygens (including phenoxy) is 1. The van der Waals surface area contributed by atoms with Crippen molar-refractivity contribution in [1.82, 2.24) is 10.2 Å². The minimum atomic E-state index is -4.21. The Hall–Kier alpha value is -4.05. The van der Waals surface area contributed by atoms with Crippen LogP contribution in [0.25, 0.3) is 0 Å². The molecule has 1 saturated carbocycles. The van der Waals surface area contributed by atoms with E-state index in [1.54, 1.807) is 60.7 Å².